The quantitative estimate of drug-likeness (QED) is 0.890. The summed E-state index contributed by atoms with van der Waals surface area (Å²) in [6.45, 7) is 5.74. The van der Waals surface area contributed by atoms with Gasteiger partial charge in [0.1, 0.15) is 4.90 Å². The summed E-state index contributed by atoms with van der Waals surface area (Å²) in [4.78, 5) is 0.0518. The highest BCUT2D eigenvalue weighted by Gasteiger charge is 2.35. The zero-order chi connectivity index (χ0) is 15.9. The summed E-state index contributed by atoms with van der Waals surface area (Å²) in [5.74, 6) is 0.0918. The minimum Gasteiger partial charge on any atom is -0.391 e. The molecule has 2 unspecified atom stereocenters. The van der Waals surface area contributed by atoms with Gasteiger partial charge >= 0.3 is 0 Å². The van der Waals surface area contributed by atoms with Crippen LogP contribution in [0.1, 0.15) is 24.5 Å². The maximum Gasteiger partial charge on any atom is 0.244 e. The van der Waals surface area contributed by atoms with Crippen LogP contribution in [0.4, 0.5) is 0 Å². The number of rotatable bonds is 2. The molecule has 1 N–H and O–H groups in total. The van der Waals surface area contributed by atoms with Gasteiger partial charge in [-0.25, -0.2) is 8.42 Å². The maximum atomic E-state index is 12.9. The van der Waals surface area contributed by atoms with Crippen LogP contribution in [0.15, 0.2) is 11.0 Å². The zero-order valence-electron chi connectivity index (χ0n) is 12.2. The Morgan fingerprint density at radius 1 is 1.33 bits per heavy atom. The Balaban J connectivity index is 2.51. The lowest BCUT2D eigenvalue weighted by atomic mass is 9.98. The number of sulfonamides is 1. The van der Waals surface area contributed by atoms with Crippen LogP contribution in [0, 0.1) is 19.8 Å². The number of benzene rings is 1. The molecule has 7 heteroatoms. The van der Waals surface area contributed by atoms with Crippen LogP contribution in [0.2, 0.25) is 10.0 Å². The molecule has 0 radical (unpaired) electrons. The fraction of sp³-hybridized carbons (Fsp3) is 0.571. The average Bonchev–Trinajstić information content (AvgIpc) is 2.39. The second kappa shape index (κ2) is 6.05. The van der Waals surface area contributed by atoms with Gasteiger partial charge in [0.2, 0.25) is 10.0 Å². The van der Waals surface area contributed by atoms with E-state index in [0.29, 0.717) is 29.1 Å². The monoisotopic (exact) mass is 351 g/mol. The number of piperidine rings is 1. The van der Waals surface area contributed by atoms with Gasteiger partial charge < -0.3 is 5.11 Å². The van der Waals surface area contributed by atoms with Crippen LogP contribution >= 0.6 is 23.2 Å². The molecule has 21 heavy (non-hydrogen) atoms. The molecule has 1 heterocycles. The largest absolute Gasteiger partial charge is 0.391 e. The third-order valence-corrected chi connectivity index (χ3v) is 7.10. The molecule has 1 aromatic carbocycles. The molecule has 1 aromatic rings. The van der Waals surface area contributed by atoms with Gasteiger partial charge in [0, 0.05) is 18.1 Å². The summed E-state index contributed by atoms with van der Waals surface area (Å²) in [6.07, 6.45) is -0.0377. The highest BCUT2D eigenvalue weighted by Crippen LogP contribution is 2.36. The molecule has 1 saturated heterocycles. The van der Waals surface area contributed by atoms with Crippen molar-refractivity contribution in [3.05, 3.63) is 27.2 Å². The lowest BCUT2D eigenvalue weighted by Gasteiger charge is -2.34. The molecule has 1 aliphatic rings. The lowest BCUT2D eigenvalue weighted by Crippen LogP contribution is -2.45. The van der Waals surface area contributed by atoms with Gasteiger partial charge in [0.25, 0.3) is 0 Å². The Morgan fingerprint density at radius 2 is 1.95 bits per heavy atom. The summed E-state index contributed by atoms with van der Waals surface area (Å²) < 4.78 is 27.0. The minimum atomic E-state index is -3.77. The SMILES string of the molecule is Cc1cc(Cl)c(C)c(S(=O)(=O)N2CCC(C)C(O)C2)c1Cl. The fourth-order valence-corrected chi connectivity index (χ4v) is 5.13. The molecule has 0 bridgehead atoms. The number of aliphatic hydroxyl groups is 1. The van der Waals surface area contributed by atoms with E-state index >= 15 is 0 Å². The van der Waals surface area contributed by atoms with Crippen molar-refractivity contribution in [3.8, 4) is 0 Å². The normalized spacial score (nSPS) is 24.3. The predicted octanol–water partition coefficient (Wildman–Crippen LogP) is 3.00. The van der Waals surface area contributed by atoms with Gasteiger partial charge in [0.15, 0.2) is 0 Å². The van der Waals surface area contributed by atoms with Crippen molar-refractivity contribution in [1.82, 2.24) is 4.31 Å². The molecule has 0 aliphatic carbocycles. The van der Waals surface area contributed by atoms with E-state index in [1.54, 1.807) is 19.9 Å². The predicted molar refractivity (Wildman–Crippen MR) is 84.5 cm³/mol. The average molecular weight is 352 g/mol. The summed E-state index contributed by atoms with van der Waals surface area (Å²) >= 11 is 12.3. The third kappa shape index (κ3) is 3.08. The number of hydrogen-bond donors (Lipinski definition) is 1. The highest BCUT2D eigenvalue weighted by molar-refractivity contribution is 7.89. The van der Waals surface area contributed by atoms with Gasteiger partial charge in [0.05, 0.1) is 11.1 Å². The molecule has 2 rings (SSSR count). The lowest BCUT2D eigenvalue weighted by molar-refractivity contribution is 0.0605. The number of halogens is 2. The Morgan fingerprint density at radius 3 is 2.52 bits per heavy atom. The Kier molecular flexibility index (Phi) is 4.90. The molecule has 4 nitrogen and oxygen atoms in total. The molecule has 118 valence electrons. The van der Waals surface area contributed by atoms with Gasteiger partial charge in [-0.15, -0.1) is 0 Å². The number of β-amino-alcohol motifs (C(OH)–C–C–N with tert-alkyl or cyclic N) is 1. The fourth-order valence-electron chi connectivity index (χ4n) is 2.49. The first-order chi connectivity index (χ1) is 9.66. The molecule has 1 aliphatic heterocycles. The van der Waals surface area contributed by atoms with E-state index in [9.17, 15) is 13.5 Å². The van der Waals surface area contributed by atoms with E-state index in [2.05, 4.69) is 0 Å². The summed E-state index contributed by atoms with van der Waals surface area (Å²) in [6, 6.07) is 1.66. The second-order valence-electron chi connectivity index (χ2n) is 5.64. The number of aryl methyl sites for hydroxylation is 1. The Bertz CT molecular complexity index is 634. The van der Waals surface area contributed by atoms with Crippen LogP contribution in [-0.4, -0.2) is 37.0 Å². The van der Waals surface area contributed by atoms with Crippen LogP contribution in [0.3, 0.4) is 0 Å². The van der Waals surface area contributed by atoms with Gasteiger partial charge in [-0.1, -0.05) is 30.1 Å². The molecular weight excluding hydrogens is 333 g/mol. The zero-order valence-corrected chi connectivity index (χ0v) is 14.6. The van der Waals surface area contributed by atoms with Crippen molar-refractivity contribution in [2.24, 2.45) is 5.92 Å². The number of aliphatic hydroxyl groups excluding tert-OH is 1. The highest BCUT2D eigenvalue weighted by atomic mass is 35.5. The molecule has 0 spiro atoms. The standard InChI is InChI=1S/C14H19Cl2NO3S/c1-8-4-5-17(7-12(8)18)21(19,20)14-10(3)11(15)6-9(2)13(14)16/h6,8,12,18H,4-5,7H2,1-3H3. The minimum absolute atomic E-state index is 0.0518. The van der Waals surface area contributed by atoms with Gasteiger partial charge in [-0.05, 0) is 43.4 Å². The molecule has 0 saturated carbocycles. The third-order valence-electron chi connectivity index (χ3n) is 4.07. The van der Waals surface area contributed by atoms with Gasteiger partial charge in [-0.3, -0.25) is 0 Å². The van der Waals surface area contributed by atoms with Crippen molar-refractivity contribution >= 4 is 33.2 Å². The van der Waals surface area contributed by atoms with E-state index in [1.165, 1.54) is 4.31 Å². The molecule has 1 fully saturated rings. The van der Waals surface area contributed by atoms with E-state index in [4.69, 9.17) is 23.2 Å². The summed E-state index contributed by atoms with van der Waals surface area (Å²) in [7, 11) is -3.77. The Labute approximate surface area is 135 Å². The van der Waals surface area contributed by atoms with Crippen LogP contribution in [-0.2, 0) is 10.0 Å². The van der Waals surface area contributed by atoms with Crippen molar-refractivity contribution < 1.29 is 13.5 Å². The van der Waals surface area contributed by atoms with E-state index < -0.39 is 16.1 Å². The number of hydrogen-bond acceptors (Lipinski definition) is 3. The number of nitrogens with zero attached hydrogens (tertiary/aromatic N) is 1. The van der Waals surface area contributed by atoms with Crippen molar-refractivity contribution in [3.63, 3.8) is 0 Å². The van der Waals surface area contributed by atoms with E-state index in [0.717, 1.165) is 0 Å². The smallest absolute Gasteiger partial charge is 0.244 e. The van der Waals surface area contributed by atoms with Crippen LogP contribution in [0.25, 0.3) is 0 Å². The molecule has 0 aromatic heterocycles. The van der Waals surface area contributed by atoms with Crippen molar-refractivity contribution in [2.75, 3.05) is 13.1 Å². The van der Waals surface area contributed by atoms with Crippen LogP contribution in [0.5, 0.6) is 0 Å². The molecular formula is C14H19Cl2NO3S. The van der Waals surface area contributed by atoms with Crippen LogP contribution < -0.4 is 0 Å². The van der Waals surface area contributed by atoms with E-state index in [1.807, 2.05) is 6.92 Å². The Hall–Kier alpha value is -0.330. The first-order valence-electron chi connectivity index (χ1n) is 6.79. The molecule has 0 amide bonds. The summed E-state index contributed by atoms with van der Waals surface area (Å²) in [5.41, 5.74) is 1.07. The summed E-state index contributed by atoms with van der Waals surface area (Å²) in [5, 5.41) is 10.5. The second-order valence-corrected chi connectivity index (χ2v) is 8.30. The van der Waals surface area contributed by atoms with Gasteiger partial charge in [-0.2, -0.15) is 4.31 Å². The first kappa shape index (κ1) is 17.0. The van der Waals surface area contributed by atoms with Crippen molar-refractivity contribution in [2.45, 2.75) is 38.2 Å². The van der Waals surface area contributed by atoms with E-state index in [-0.39, 0.29) is 22.4 Å². The topological polar surface area (TPSA) is 57.6 Å². The molecule has 2 atom stereocenters. The first-order valence-corrected chi connectivity index (χ1v) is 8.99. The maximum absolute atomic E-state index is 12.9. The van der Waals surface area contributed by atoms with Crippen molar-refractivity contribution in [1.29, 1.82) is 0 Å².